The van der Waals surface area contributed by atoms with Crippen molar-refractivity contribution in [3.05, 3.63) is 33.8 Å². The average Bonchev–Trinajstić information content (AvgIpc) is 2.37. The van der Waals surface area contributed by atoms with E-state index in [-0.39, 0.29) is 18.3 Å². The zero-order valence-corrected chi connectivity index (χ0v) is 14.5. The summed E-state index contributed by atoms with van der Waals surface area (Å²) in [5.41, 5.74) is 0.808. The number of alkyl halides is 1. The van der Waals surface area contributed by atoms with E-state index in [4.69, 9.17) is 34.8 Å². The minimum absolute atomic E-state index is 0.0516. The predicted octanol–water partition coefficient (Wildman–Crippen LogP) is 4.16. The fourth-order valence-electron chi connectivity index (χ4n) is 1.77. The van der Waals surface area contributed by atoms with Crippen LogP contribution in [0.15, 0.2) is 18.2 Å². The molecule has 0 atom stereocenters. The van der Waals surface area contributed by atoms with Crippen LogP contribution >= 0.6 is 34.8 Å². The maximum atomic E-state index is 12.3. The first-order valence-corrected chi connectivity index (χ1v) is 9.17. The Morgan fingerprint density at radius 3 is 2.35 bits per heavy atom. The van der Waals surface area contributed by atoms with Crippen LogP contribution in [0.4, 0.5) is 0 Å². The van der Waals surface area contributed by atoms with Gasteiger partial charge in [0, 0.05) is 18.5 Å². The number of benzene rings is 1. The summed E-state index contributed by atoms with van der Waals surface area (Å²) in [6, 6.07) is 5.00. The lowest BCUT2D eigenvalue weighted by Gasteiger charge is -2.26. The summed E-state index contributed by atoms with van der Waals surface area (Å²) in [4.78, 5) is 0. The summed E-state index contributed by atoms with van der Waals surface area (Å²) in [6.45, 7) is 3.96. The molecule has 0 spiro atoms. The molecular formula is C13H18Cl3NO2S. The lowest BCUT2D eigenvalue weighted by atomic mass is 10.2. The fraction of sp³-hybridized carbons (Fsp3) is 0.538. The predicted molar refractivity (Wildman–Crippen MR) is 86.3 cm³/mol. The van der Waals surface area contributed by atoms with Crippen molar-refractivity contribution in [1.29, 1.82) is 0 Å². The second kappa shape index (κ2) is 7.85. The summed E-state index contributed by atoms with van der Waals surface area (Å²) in [7, 11) is -3.33. The van der Waals surface area contributed by atoms with Crippen molar-refractivity contribution in [3.63, 3.8) is 0 Å². The maximum Gasteiger partial charge on any atom is 0.214 e. The molecule has 0 unspecified atom stereocenters. The van der Waals surface area contributed by atoms with Crippen molar-refractivity contribution in [1.82, 2.24) is 4.31 Å². The van der Waals surface area contributed by atoms with Gasteiger partial charge in [-0.2, -0.15) is 4.31 Å². The first-order valence-electron chi connectivity index (χ1n) is 6.27. The largest absolute Gasteiger partial charge is 0.214 e. The van der Waals surface area contributed by atoms with Crippen molar-refractivity contribution in [3.8, 4) is 0 Å². The third kappa shape index (κ3) is 5.08. The summed E-state index contributed by atoms with van der Waals surface area (Å²) >= 11 is 17.4. The van der Waals surface area contributed by atoms with E-state index in [2.05, 4.69) is 0 Å². The Morgan fingerprint density at radius 2 is 1.85 bits per heavy atom. The van der Waals surface area contributed by atoms with Gasteiger partial charge in [0.25, 0.3) is 0 Å². The molecule has 0 radical (unpaired) electrons. The van der Waals surface area contributed by atoms with Crippen molar-refractivity contribution in [2.45, 2.75) is 32.9 Å². The molecule has 20 heavy (non-hydrogen) atoms. The highest BCUT2D eigenvalue weighted by Crippen LogP contribution is 2.24. The van der Waals surface area contributed by atoms with Crippen LogP contribution in [-0.2, 0) is 16.6 Å². The molecule has 114 valence electrons. The highest BCUT2D eigenvalue weighted by Gasteiger charge is 2.24. The van der Waals surface area contributed by atoms with Crippen LogP contribution in [0.5, 0.6) is 0 Å². The van der Waals surface area contributed by atoms with Gasteiger partial charge in [-0.3, -0.25) is 0 Å². The van der Waals surface area contributed by atoms with Gasteiger partial charge in [-0.15, -0.1) is 11.6 Å². The molecule has 0 heterocycles. The van der Waals surface area contributed by atoms with Crippen LogP contribution in [0.3, 0.4) is 0 Å². The summed E-state index contributed by atoms with van der Waals surface area (Å²) < 4.78 is 26.0. The van der Waals surface area contributed by atoms with Gasteiger partial charge < -0.3 is 0 Å². The molecule has 7 heteroatoms. The lowest BCUT2D eigenvalue weighted by molar-refractivity contribution is 0.348. The van der Waals surface area contributed by atoms with E-state index in [1.54, 1.807) is 18.2 Å². The smallest absolute Gasteiger partial charge is 0.212 e. The van der Waals surface area contributed by atoms with Crippen LogP contribution in [0.25, 0.3) is 0 Å². The van der Waals surface area contributed by atoms with E-state index < -0.39 is 10.0 Å². The van der Waals surface area contributed by atoms with Crippen molar-refractivity contribution < 1.29 is 8.42 Å². The Balaban J connectivity index is 2.95. The topological polar surface area (TPSA) is 37.4 Å². The van der Waals surface area contributed by atoms with Gasteiger partial charge in [-0.1, -0.05) is 29.3 Å². The van der Waals surface area contributed by atoms with E-state index in [1.807, 2.05) is 13.8 Å². The number of sulfonamides is 1. The Labute approximate surface area is 135 Å². The number of hydrogen-bond acceptors (Lipinski definition) is 2. The van der Waals surface area contributed by atoms with Crippen LogP contribution in [0.1, 0.15) is 25.8 Å². The Hall–Kier alpha value is -0.000000000000000167. The Morgan fingerprint density at radius 1 is 1.20 bits per heavy atom. The fourth-order valence-corrected chi connectivity index (χ4v) is 4.12. The standard InChI is InChI=1S/C13H18Cl3NO2S/c1-10(2)17(20(18,19)7-3-6-14)9-11-4-5-12(15)13(16)8-11/h4-5,8,10H,3,6-7,9H2,1-2H3. The third-order valence-electron chi connectivity index (χ3n) is 2.79. The number of hydrogen-bond donors (Lipinski definition) is 0. The molecule has 0 aliphatic heterocycles. The summed E-state index contributed by atoms with van der Waals surface area (Å²) in [6.07, 6.45) is 0.439. The first-order chi connectivity index (χ1) is 9.27. The van der Waals surface area contributed by atoms with Crippen molar-refractivity contribution in [2.75, 3.05) is 11.6 Å². The van der Waals surface area contributed by atoms with E-state index in [9.17, 15) is 8.42 Å². The minimum Gasteiger partial charge on any atom is -0.212 e. The van der Waals surface area contributed by atoms with Gasteiger partial charge in [-0.25, -0.2) is 8.42 Å². The molecule has 0 amide bonds. The molecule has 1 aromatic rings. The molecule has 1 rings (SSSR count). The zero-order chi connectivity index (χ0) is 15.3. The minimum atomic E-state index is -3.33. The number of halogens is 3. The highest BCUT2D eigenvalue weighted by molar-refractivity contribution is 7.89. The normalized spacial score (nSPS) is 12.3. The number of rotatable bonds is 7. The van der Waals surface area contributed by atoms with Crippen LogP contribution in [-0.4, -0.2) is 30.4 Å². The Kier molecular flexibility index (Phi) is 7.09. The average molecular weight is 359 g/mol. The van der Waals surface area contributed by atoms with Gasteiger partial charge in [0.05, 0.1) is 15.8 Å². The van der Waals surface area contributed by atoms with Crippen LogP contribution in [0, 0.1) is 0 Å². The molecule has 1 aromatic carbocycles. The molecule has 0 aromatic heterocycles. The van der Waals surface area contributed by atoms with Gasteiger partial charge in [-0.05, 0) is 38.0 Å². The molecule has 0 aliphatic carbocycles. The maximum absolute atomic E-state index is 12.3. The van der Waals surface area contributed by atoms with Crippen molar-refractivity contribution in [2.24, 2.45) is 0 Å². The first kappa shape index (κ1) is 18.1. The lowest BCUT2D eigenvalue weighted by Crippen LogP contribution is -2.38. The molecule has 0 bridgehead atoms. The summed E-state index contributed by atoms with van der Waals surface area (Å²) in [5, 5.41) is 0.877. The van der Waals surface area contributed by atoms with E-state index in [0.29, 0.717) is 22.3 Å². The number of nitrogens with zero attached hydrogens (tertiary/aromatic N) is 1. The molecule has 3 nitrogen and oxygen atoms in total. The van der Waals surface area contributed by atoms with E-state index in [1.165, 1.54) is 4.31 Å². The van der Waals surface area contributed by atoms with Crippen molar-refractivity contribution >= 4 is 44.8 Å². The third-order valence-corrected chi connectivity index (χ3v) is 5.87. The van der Waals surface area contributed by atoms with Gasteiger partial charge in [0.15, 0.2) is 0 Å². The second-order valence-electron chi connectivity index (χ2n) is 4.75. The summed E-state index contributed by atoms with van der Waals surface area (Å²) in [5.74, 6) is 0.383. The SMILES string of the molecule is CC(C)N(Cc1ccc(Cl)c(Cl)c1)S(=O)(=O)CCCCl. The monoisotopic (exact) mass is 357 g/mol. The van der Waals surface area contributed by atoms with Gasteiger partial charge in [0.1, 0.15) is 0 Å². The molecule has 0 fully saturated rings. The molecule has 0 aliphatic rings. The van der Waals surface area contributed by atoms with Crippen LogP contribution < -0.4 is 0 Å². The zero-order valence-electron chi connectivity index (χ0n) is 11.4. The highest BCUT2D eigenvalue weighted by atomic mass is 35.5. The van der Waals surface area contributed by atoms with E-state index in [0.717, 1.165) is 5.56 Å². The molecule has 0 saturated heterocycles. The molecule has 0 saturated carbocycles. The Bertz CT molecular complexity index is 547. The quantitative estimate of drug-likeness (QED) is 0.686. The second-order valence-corrected chi connectivity index (χ2v) is 7.98. The van der Waals surface area contributed by atoms with Gasteiger partial charge >= 0.3 is 0 Å². The molecule has 0 N–H and O–H groups in total. The molecular weight excluding hydrogens is 341 g/mol. The van der Waals surface area contributed by atoms with Crippen LogP contribution in [0.2, 0.25) is 10.0 Å². The van der Waals surface area contributed by atoms with Gasteiger partial charge in [0.2, 0.25) is 10.0 Å². The van der Waals surface area contributed by atoms with E-state index >= 15 is 0 Å².